The number of nitrogens with zero attached hydrogens (tertiary/aromatic N) is 3. The normalized spacial score (nSPS) is 10.4. The van der Waals surface area contributed by atoms with Crippen molar-refractivity contribution in [2.75, 3.05) is 11.9 Å². The second kappa shape index (κ2) is 4.57. The smallest absolute Gasteiger partial charge is 0.183 e. The van der Waals surface area contributed by atoms with E-state index in [1.807, 2.05) is 19.9 Å². The number of aromatic nitrogens is 3. The van der Waals surface area contributed by atoms with Crippen LogP contribution in [0.5, 0.6) is 0 Å². The maximum atomic E-state index is 4.45. The van der Waals surface area contributed by atoms with E-state index in [2.05, 4.69) is 27.2 Å². The SMILES string of the molecule is CCNc1nc(C)c(-c2ccnc(C)n2)s1. The summed E-state index contributed by atoms with van der Waals surface area (Å²) in [5, 5.41) is 4.17. The van der Waals surface area contributed by atoms with Gasteiger partial charge in [-0.25, -0.2) is 15.0 Å². The van der Waals surface area contributed by atoms with Gasteiger partial charge in [0.1, 0.15) is 5.82 Å². The zero-order valence-corrected chi connectivity index (χ0v) is 10.4. The summed E-state index contributed by atoms with van der Waals surface area (Å²) in [6, 6.07) is 1.92. The van der Waals surface area contributed by atoms with Gasteiger partial charge in [-0.05, 0) is 26.8 Å². The third-order valence-corrected chi connectivity index (χ3v) is 3.27. The minimum absolute atomic E-state index is 0.787. The minimum atomic E-state index is 0.787. The molecule has 2 aromatic rings. The van der Waals surface area contributed by atoms with E-state index < -0.39 is 0 Å². The van der Waals surface area contributed by atoms with E-state index in [1.165, 1.54) is 0 Å². The minimum Gasteiger partial charge on any atom is -0.362 e. The maximum absolute atomic E-state index is 4.45. The number of nitrogens with one attached hydrogen (secondary N) is 1. The Labute approximate surface area is 98.8 Å². The molecule has 0 amide bonds. The van der Waals surface area contributed by atoms with Gasteiger partial charge in [-0.1, -0.05) is 11.3 Å². The molecule has 0 aliphatic rings. The molecule has 0 saturated heterocycles. The van der Waals surface area contributed by atoms with Crippen LogP contribution in [-0.4, -0.2) is 21.5 Å². The van der Waals surface area contributed by atoms with Gasteiger partial charge in [0.25, 0.3) is 0 Å². The van der Waals surface area contributed by atoms with Crippen molar-refractivity contribution in [3.8, 4) is 10.6 Å². The Kier molecular flexibility index (Phi) is 3.14. The van der Waals surface area contributed by atoms with Crippen molar-refractivity contribution in [1.82, 2.24) is 15.0 Å². The first-order valence-corrected chi connectivity index (χ1v) is 6.03. The second-order valence-electron chi connectivity index (χ2n) is 3.45. The Morgan fingerprint density at radius 1 is 1.31 bits per heavy atom. The molecule has 2 rings (SSSR count). The molecule has 0 bridgehead atoms. The van der Waals surface area contributed by atoms with Gasteiger partial charge < -0.3 is 5.32 Å². The average molecular weight is 234 g/mol. The summed E-state index contributed by atoms with van der Waals surface area (Å²) >= 11 is 1.63. The third kappa shape index (κ3) is 2.19. The third-order valence-electron chi connectivity index (χ3n) is 2.13. The van der Waals surface area contributed by atoms with Crippen LogP contribution in [-0.2, 0) is 0 Å². The van der Waals surface area contributed by atoms with Gasteiger partial charge in [-0.2, -0.15) is 0 Å². The molecule has 84 valence electrons. The van der Waals surface area contributed by atoms with Crippen LogP contribution in [0.15, 0.2) is 12.3 Å². The summed E-state index contributed by atoms with van der Waals surface area (Å²) < 4.78 is 0. The van der Waals surface area contributed by atoms with Gasteiger partial charge in [0.05, 0.1) is 16.3 Å². The Morgan fingerprint density at radius 2 is 2.12 bits per heavy atom. The molecule has 0 atom stereocenters. The standard InChI is InChI=1S/C11H14N4S/c1-4-12-11-14-7(2)10(16-11)9-5-6-13-8(3)15-9/h5-6H,4H2,1-3H3,(H,12,14). The highest BCUT2D eigenvalue weighted by atomic mass is 32.1. The molecule has 5 heteroatoms. The molecule has 0 radical (unpaired) electrons. The van der Waals surface area contributed by atoms with Crippen molar-refractivity contribution in [2.45, 2.75) is 20.8 Å². The summed E-state index contributed by atoms with van der Waals surface area (Å²) in [5.41, 5.74) is 1.96. The predicted molar refractivity (Wildman–Crippen MR) is 66.8 cm³/mol. The fourth-order valence-corrected chi connectivity index (χ4v) is 2.45. The summed E-state index contributed by atoms with van der Waals surface area (Å²) in [6.07, 6.45) is 1.78. The molecule has 0 saturated carbocycles. The van der Waals surface area contributed by atoms with Crippen molar-refractivity contribution < 1.29 is 0 Å². The van der Waals surface area contributed by atoms with Gasteiger partial charge in [-0.3, -0.25) is 0 Å². The lowest BCUT2D eigenvalue weighted by Crippen LogP contribution is -1.94. The zero-order chi connectivity index (χ0) is 11.5. The number of aryl methyl sites for hydroxylation is 2. The number of hydrogen-bond acceptors (Lipinski definition) is 5. The first-order chi connectivity index (χ1) is 7.70. The van der Waals surface area contributed by atoms with Gasteiger partial charge in [0.2, 0.25) is 0 Å². The van der Waals surface area contributed by atoms with E-state index >= 15 is 0 Å². The maximum Gasteiger partial charge on any atom is 0.183 e. The number of anilines is 1. The molecule has 0 aliphatic heterocycles. The molecular weight excluding hydrogens is 220 g/mol. The van der Waals surface area contributed by atoms with Gasteiger partial charge in [-0.15, -0.1) is 0 Å². The van der Waals surface area contributed by atoms with Crippen molar-refractivity contribution in [3.05, 3.63) is 23.8 Å². The van der Waals surface area contributed by atoms with Crippen LogP contribution in [0.4, 0.5) is 5.13 Å². The fourth-order valence-electron chi connectivity index (χ4n) is 1.44. The van der Waals surface area contributed by atoms with Crippen LogP contribution in [0.3, 0.4) is 0 Å². The van der Waals surface area contributed by atoms with Gasteiger partial charge in [0, 0.05) is 12.7 Å². The van der Waals surface area contributed by atoms with Crippen molar-refractivity contribution >= 4 is 16.5 Å². The van der Waals surface area contributed by atoms with Crippen LogP contribution < -0.4 is 5.32 Å². The summed E-state index contributed by atoms with van der Waals surface area (Å²) in [6.45, 7) is 6.84. The lowest BCUT2D eigenvalue weighted by molar-refractivity contribution is 1.06. The number of hydrogen-bond donors (Lipinski definition) is 1. The molecule has 0 unspecified atom stereocenters. The topological polar surface area (TPSA) is 50.7 Å². The first kappa shape index (κ1) is 11.0. The highest BCUT2D eigenvalue weighted by Gasteiger charge is 2.10. The van der Waals surface area contributed by atoms with E-state index in [9.17, 15) is 0 Å². The number of thiazole rings is 1. The van der Waals surface area contributed by atoms with Gasteiger partial charge >= 0.3 is 0 Å². The largest absolute Gasteiger partial charge is 0.362 e. The molecule has 0 spiro atoms. The molecule has 2 heterocycles. The van der Waals surface area contributed by atoms with E-state index in [1.54, 1.807) is 17.5 Å². The highest BCUT2D eigenvalue weighted by molar-refractivity contribution is 7.19. The highest BCUT2D eigenvalue weighted by Crippen LogP contribution is 2.31. The van der Waals surface area contributed by atoms with Crippen LogP contribution in [0.25, 0.3) is 10.6 Å². The van der Waals surface area contributed by atoms with Crippen LogP contribution in [0, 0.1) is 13.8 Å². The van der Waals surface area contributed by atoms with E-state index in [-0.39, 0.29) is 0 Å². The van der Waals surface area contributed by atoms with Crippen molar-refractivity contribution in [1.29, 1.82) is 0 Å². The molecule has 4 nitrogen and oxygen atoms in total. The van der Waals surface area contributed by atoms with E-state index in [0.29, 0.717) is 0 Å². The summed E-state index contributed by atoms with van der Waals surface area (Å²) in [7, 11) is 0. The monoisotopic (exact) mass is 234 g/mol. The summed E-state index contributed by atoms with van der Waals surface area (Å²) in [4.78, 5) is 14.1. The van der Waals surface area contributed by atoms with Crippen LogP contribution in [0.2, 0.25) is 0 Å². The molecular formula is C11H14N4S. The van der Waals surface area contributed by atoms with Crippen molar-refractivity contribution in [2.24, 2.45) is 0 Å². The molecule has 0 fully saturated rings. The van der Waals surface area contributed by atoms with Gasteiger partial charge in [0.15, 0.2) is 5.13 Å². The zero-order valence-electron chi connectivity index (χ0n) is 9.61. The fraction of sp³-hybridized carbons (Fsp3) is 0.364. The molecule has 2 aromatic heterocycles. The summed E-state index contributed by atoms with van der Waals surface area (Å²) in [5.74, 6) is 0.787. The quantitative estimate of drug-likeness (QED) is 0.887. The van der Waals surface area contributed by atoms with E-state index in [0.717, 1.165) is 33.8 Å². The Morgan fingerprint density at radius 3 is 2.81 bits per heavy atom. The Balaban J connectivity index is 2.40. The molecule has 0 aliphatic carbocycles. The van der Waals surface area contributed by atoms with Crippen LogP contribution in [0.1, 0.15) is 18.4 Å². The van der Waals surface area contributed by atoms with Crippen molar-refractivity contribution in [3.63, 3.8) is 0 Å². The average Bonchev–Trinajstić information content (AvgIpc) is 2.60. The Hall–Kier alpha value is -1.49. The number of rotatable bonds is 3. The lowest BCUT2D eigenvalue weighted by atomic mass is 10.3. The lowest BCUT2D eigenvalue weighted by Gasteiger charge is -1.97. The Bertz CT molecular complexity index is 492. The molecule has 16 heavy (non-hydrogen) atoms. The first-order valence-electron chi connectivity index (χ1n) is 5.22. The predicted octanol–water partition coefficient (Wildman–Crippen LogP) is 2.65. The van der Waals surface area contributed by atoms with Crippen LogP contribution >= 0.6 is 11.3 Å². The van der Waals surface area contributed by atoms with E-state index in [4.69, 9.17) is 0 Å². The second-order valence-corrected chi connectivity index (χ2v) is 4.45. The molecule has 0 aromatic carbocycles. The molecule has 1 N–H and O–H groups in total.